The smallest absolute Gasteiger partial charge is 0.410 e. The first-order valence-corrected chi connectivity index (χ1v) is 9.40. The molecule has 0 unspecified atom stereocenters. The third kappa shape index (κ3) is 5.25. The van der Waals surface area contributed by atoms with Crippen molar-refractivity contribution >= 4 is 11.7 Å². The molecule has 0 saturated carbocycles. The summed E-state index contributed by atoms with van der Waals surface area (Å²) in [4.78, 5) is 18.2. The van der Waals surface area contributed by atoms with Gasteiger partial charge in [0.15, 0.2) is 11.6 Å². The number of amides is 1. The maximum atomic E-state index is 14.3. The molecule has 0 N–H and O–H groups in total. The summed E-state index contributed by atoms with van der Waals surface area (Å²) >= 11 is 0. The minimum Gasteiger partial charge on any atom is -0.497 e. The molecule has 29 heavy (non-hydrogen) atoms. The minimum absolute atomic E-state index is 0.0672. The molecule has 2 heterocycles. The van der Waals surface area contributed by atoms with E-state index in [-0.39, 0.29) is 11.8 Å². The van der Waals surface area contributed by atoms with E-state index in [1.807, 2.05) is 32.9 Å². The predicted octanol–water partition coefficient (Wildman–Crippen LogP) is 5.05. The molecule has 0 aliphatic carbocycles. The maximum Gasteiger partial charge on any atom is 0.410 e. The van der Waals surface area contributed by atoms with E-state index in [9.17, 15) is 9.18 Å². The first kappa shape index (κ1) is 20.6. The highest BCUT2D eigenvalue weighted by Crippen LogP contribution is 2.33. The Hall–Kier alpha value is -3.09. The lowest BCUT2D eigenvalue weighted by Crippen LogP contribution is -2.39. The summed E-state index contributed by atoms with van der Waals surface area (Å²) in [6.45, 7) is 6.47. The molecule has 0 spiro atoms. The molecule has 3 rings (SSSR count). The van der Waals surface area contributed by atoms with Crippen LogP contribution in [-0.4, -0.2) is 41.8 Å². The number of hydrogen-bond donors (Lipinski definition) is 0. The molecule has 1 aliphatic heterocycles. The number of aromatic nitrogens is 1. The molecule has 0 bridgehead atoms. The van der Waals surface area contributed by atoms with Crippen molar-refractivity contribution in [2.75, 3.05) is 20.2 Å². The van der Waals surface area contributed by atoms with Gasteiger partial charge in [0, 0.05) is 30.9 Å². The van der Waals surface area contributed by atoms with E-state index < -0.39 is 11.4 Å². The molecular weight excluding hydrogens is 375 g/mol. The molecule has 1 aromatic carbocycles. The van der Waals surface area contributed by atoms with E-state index in [1.54, 1.807) is 23.2 Å². The second kappa shape index (κ2) is 8.51. The molecule has 2 aromatic rings. The predicted molar refractivity (Wildman–Crippen MR) is 108 cm³/mol. The molecular formula is C22H25FN2O4. The van der Waals surface area contributed by atoms with Crippen LogP contribution in [0.2, 0.25) is 0 Å². The van der Waals surface area contributed by atoms with Crippen molar-refractivity contribution in [2.45, 2.75) is 32.8 Å². The summed E-state index contributed by atoms with van der Waals surface area (Å²) in [5.74, 6) is 0.258. The number of rotatable bonds is 4. The number of nitrogens with zero attached hydrogens (tertiary/aromatic N) is 2. The van der Waals surface area contributed by atoms with Gasteiger partial charge in [-0.1, -0.05) is 6.08 Å². The van der Waals surface area contributed by atoms with Gasteiger partial charge in [-0.3, -0.25) is 0 Å². The van der Waals surface area contributed by atoms with Crippen LogP contribution in [-0.2, 0) is 4.74 Å². The normalized spacial score (nSPS) is 14.2. The van der Waals surface area contributed by atoms with Gasteiger partial charge in [-0.25, -0.2) is 14.2 Å². The molecule has 0 atom stereocenters. The third-order valence-corrected chi connectivity index (χ3v) is 4.32. The highest BCUT2D eigenvalue weighted by Gasteiger charge is 2.25. The summed E-state index contributed by atoms with van der Waals surface area (Å²) in [5, 5.41) is 0. The van der Waals surface area contributed by atoms with Crippen molar-refractivity contribution in [3.63, 3.8) is 0 Å². The van der Waals surface area contributed by atoms with Crippen molar-refractivity contribution < 1.29 is 23.4 Å². The molecule has 1 aliphatic rings. The molecule has 1 aromatic heterocycles. The standard InChI is InChI=1S/C22H25FN2O4/c1-22(2,3)29-21(26)25-12-9-15(10-13-25)17-6-5-11-24-20(17)28-19-8-7-16(27-4)14-18(19)23/h5-9,11,14H,10,12-13H2,1-4H3. The number of ether oxygens (including phenoxy) is 3. The topological polar surface area (TPSA) is 60.9 Å². The fraction of sp³-hybridized carbons (Fsp3) is 0.364. The molecule has 0 radical (unpaired) electrons. The van der Waals surface area contributed by atoms with Gasteiger partial charge in [-0.2, -0.15) is 0 Å². The van der Waals surface area contributed by atoms with Crippen LogP contribution >= 0.6 is 0 Å². The number of halogens is 1. The number of carbonyl (C=O) groups excluding carboxylic acids is 1. The monoisotopic (exact) mass is 400 g/mol. The number of benzene rings is 1. The summed E-state index contributed by atoms with van der Waals surface area (Å²) in [5.41, 5.74) is 1.22. The summed E-state index contributed by atoms with van der Waals surface area (Å²) < 4.78 is 30.4. The van der Waals surface area contributed by atoms with Crippen molar-refractivity contribution in [3.05, 3.63) is 54.0 Å². The second-order valence-electron chi connectivity index (χ2n) is 7.66. The van der Waals surface area contributed by atoms with Gasteiger partial charge in [0.05, 0.1) is 7.11 Å². The highest BCUT2D eigenvalue weighted by molar-refractivity contribution is 5.74. The lowest BCUT2D eigenvalue weighted by Gasteiger charge is -2.29. The van der Waals surface area contributed by atoms with Crippen LogP contribution < -0.4 is 9.47 Å². The van der Waals surface area contributed by atoms with E-state index >= 15 is 0 Å². The van der Waals surface area contributed by atoms with Crippen LogP contribution in [0.1, 0.15) is 32.8 Å². The lowest BCUT2D eigenvalue weighted by atomic mass is 10.0. The second-order valence-corrected chi connectivity index (χ2v) is 7.66. The van der Waals surface area contributed by atoms with Gasteiger partial charge in [-0.15, -0.1) is 0 Å². The van der Waals surface area contributed by atoms with Crippen LogP contribution in [0.15, 0.2) is 42.6 Å². The van der Waals surface area contributed by atoms with Crippen LogP contribution in [0.3, 0.4) is 0 Å². The first-order valence-electron chi connectivity index (χ1n) is 9.40. The highest BCUT2D eigenvalue weighted by atomic mass is 19.1. The number of carbonyl (C=O) groups is 1. The zero-order valence-electron chi connectivity index (χ0n) is 17.1. The van der Waals surface area contributed by atoms with Crippen LogP contribution in [0.4, 0.5) is 9.18 Å². The number of hydrogen-bond acceptors (Lipinski definition) is 5. The Morgan fingerprint density at radius 3 is 2.66 bits per heavy atom. The number of pyridine rings is 1. The summed E-state index contributed by atoms with van der Waals surface area (Å²) in [6, 6.07) is 8.06. The van der Waals surface area contributed by atoms with Gasteiger partial charge in [-0.05, 0) is 57.0 Å². The zero-order chi connectivity index (χ0) is 21.0. The SMILES string of the molecule is COc1ccc(Oc2ncccc2C2=CCN(C(=O)OC(C)(C)C)CC2)c(F)c1. The van der Waals surface area contributed by atoms with Crippen LogP contribution in [0.25, 0.3) is 5.57 Å². The van der Waals surface area contributed by atoms with E-state index in [0.29, 0.717) is 31.1 Å². The van der Waals surface area contributed by atoms with Gasteiger partial charge < -0.3 is 19.1 Å². The number of methoxy groups -OCH3 is 1. The molecule has 0 fully saturated rings. The lowest BCUT2D eigenvalue weighted by molar-refractivity contribution is 0.0270. The molecule has 6 nitrogen and oxygen atoms in total. The first-order chi connectivity index (χ1) is 13.8. The minimum atomic E-state index is -0.534. The fourth-order valence-electron chi connectivity index (χ4n) is 2.92. The van der Waals surface area contributed by atoms with E-state index in [1.165, 1.54) is 19.2 Å². The average Bonchev–Trinajstić information content (AvgIpc) is 2.69. The Morgan fingerprint density at radius 1 is 1.24 bits per heavy atom. The van der Waals surface area contributed by atoms with Crippen LogP contribution in [0, 0.1) is 5.82 Å². The average molecular weight is 400 g/mol. The summed E-state index contributed by atoms with van der Waals surface area (Å²) in [7, 11) is 1.47. The zero-order valence-corrected chi connectivity index (χ0v) is 17.1. The quantitative estimate of drug-likeness (QED) is 0.719. The Kier molecular flexibility index (Phi) is 6.06. The van der Waals surface area contributed by atoms with E-state index in [0.717, 1.165) is 11.1 Å². The molecule has 1 amide bonds. The van der Waals surface area contributed by atoms with Gasteiger partial charge >= 0.3 is 6.09 Å². The molecule has 0 saturated heterocycles. The third-order valence-electron chi connectivity index (χ3n) is 4.32. The molecule has 7 heteroatoms. The van der Waals surface area contributed by atoms with Gasteiger partial charge in [0.25, 0.3) is 0 Å². The van der Waals surface area contributed by atoms with Gasteiger partial charge in [0.2, 0.25) is 5.88 Å². The van der Waals surface area contributed by atoms with Crippen molar-refractivity contribution in [1.82, 2.24) is 9.88 Å². The van der Waals surface area contributed by atoms with Crippen LogP contribution in [0.5, 0.6) is 17.4 Å². The van der Waals surface area contributed by atoms with Gasteiger partial charge in [0.1, 0.15) is 11.4 Å². The van der Waals surface area contributed by atoms with Crippen molar-refractivity contribution in [2.24, 2.45) is 0 Å². The van der Waals surface area contributed by atoms with E-state index in [2.05, 4.69) is 4.98 Å². The van der Waals surface area contributed by atoms with Crippen molar-refractivity contribution in [3.8, 4) is 17.4 Å². The largest absolute Gasteiger partial charge is 0.497 e. The molecule has 154 valence electrons. The van der Waals surface area contributed by atoms with E-state index in [4.69, 9.17) is 14.2 Å². The maximum absolute atomic E-state index is 14.3. The fourth-order valence-corrected chi connectivity index (χ4v) is 2.92. The Labute approximate surface area is 169 Å². The Bertz CT molecular complexity index is 921. The summed E-state index contributed by atoms with van der Waals surface area (Å²) in [6.07, 6.45) is 3.82. The Morgan fingerprint density at radius 2 is 2.03 bits per heavy atom. The van der Waals surface area contributed by atoms with Crippen molar-refractivity contribution in [1.29, 1.82) is 0 Å². The Balaban J connectivity index is 1.77.